The SMILES string of the molecule is CC12CCCCC1(C)N1c3cc(Cl)cc4c3B(c3cccc2c31)c1cccc2c3ccccc3n-4c12.CC12CCCCC1(C)N1c3cc(N(c4ccc([Si](C)(C)C)cc4)c4ccc([Si](C)(C)C)cc4)cc4c3B(c3cccc2c31)c1cccc2c3ccccc3n-4c12.C[Si](C)(C)c1ccc(Nc2ccc([Si](C)(C)C)cc2)cc1. The Morgan fingerprint density at radius 1 is 0.345 bits per heavy atom. The van der Waals surface area contributed by atoms with Crippen molar-refractivity contribution in [3.05, 3.63) is 259 Å². The average molecular weight is 1560 g/mol. The van der Waals surface area contributed by atoms with Crippen LogP contribution in [0, 0.1) is 0 Å². The third kappa shape index (κ3) is 10.7. The second-order valence-electron chi connectivity index (χ2n) is 39.3. The first kappa shape index (κ1) is 72.7. The molecule has 113 heavy (non-hydrogen) atoms. The molecule has 2 fully saturated rings. The molecule has 0 bridgehead atoms. The quantitative estimate of drug-likeness (QED) is 0.146. The van der Waals surface area contributed by atoms with Crippen LogP contribution < -0.4 is 73.5 Å². The number of halogens is 1. The van der Waals surface area contributed by atoms with Crippen molar-refractivity contribution in [1.29, 1.82) is 0 Å². The van der Waals surface area contributed by atoms with Crippen LogP contribution in [0.25, 0.3) is 55.0 Å². The molecule has 13 heteroatoms. The summed E-state index contributed by atoms with van der Waals surface area (Å²) >= 11 is 6.99. The topological polar surface area (TPSA) is 31.6 Å². The van der Waals surface area contributed by atoms with Crippen molar-refractivity contribution in [2.45, 2.75) is 180 Å². The summed E-state index contributed by atoms with van der Waals surface area (Å²) in [7, 11) is -5.38. The zero-order valence-electron chi connectivity index (χ0n) is 69.0. The van der Waals surface area contributed by atoms with Crippen LogP contribution in [0.4, 0.5) is 51.2 Å². The lowest BCUT2D eigenvalue weighted by Crippen LogP contribution is -2.64. The molecule has 8 aliphatic rings. The summed E-state index contributed by atoms with van der Waals surface area (Å²) in [5.41, 5.74) is 31.4. The lowest BCUT2D eigenvalue weighted by Gasteiger charge is -2.52. The van der Waals surface area contributed by atoms with Gasteiger partial charge < -0.3 is 29.2 Å². The smallest absolute Gasteiger partial charge is 0.252 e. The van der Waals surface area contributed by atoms with Gasteiger partial charge in [-0.1, -0.05) is 308 Å². The summed E-state index contributed by atoms with van der Waals surface area (Å²) in [6, 6.07) is 93.0. The number of nitrogens with zero attached hydrogens (tertiary/aromatic N) is 5. The molecule has 22 rings (SSSR count). The standard InChI is InChI=1S/C50H52BN3Si2.C32H26BClN2.C18H27NSi2/c1-49-29-11-12-30-50(49,2)54-45-32-35(52(33-21-25-36(26-22-33)55(3,4)5)34-23-27-37(28-24-34)56(6,7)8)31-44-46(45)51(42-19-14-17-40(49)48(42)54)41-18-13-16-39-38-15-9-10-20-43(38)53(44)47(39)41;1-31-15-5-6-16-32(31,2)36-27-18-19(34)17-26-28(27)33(24-13-8-11-22(31)30(24)36)23-12-7-10-21-20-9-3-4-14-25(20)35(26)29(21)23;1-20(2,3)17-11-7-15(8-12-17)19-16-9-13-18(14-10-16)21(4,5)6/h9-10,13-28,31-32H,11-12,29-30H2,1-8H3;3-4,7-14,17-18H,5-6,15-16H2,1-2H3;7-14,19H,1-6H3. The molecule has 564 valence electrons. The number of para-hydroxylation sites is 6. The molecule has 2 saturated carbocycles. The van der Waals surface area contributed by atoms with E-state index < -0.39 is 32.3 Å². The Kier molecular flexibility index (Phi) is 16.3. The van der Waals surface area contributed by atoms with Crippen molar-refractivity contribution in [2.75, 3.05) is 20.0 Å². The van der Waals surface area contributed by atoms with Gasteiger partial charge in [-0.15, -0.1) is 0 Å². The maximum absolute atomic E-state index is 6.99. The molecule has 0 radical (unpaired) electrons. The summed E-state index contributed by atoms with van der Waals surface area (Å²) in [4.78, 5) is 8.15. The van der Waals surface area contributed by atoms with Crippen molar-refractivity contribution < 1.29 is 0 Å². The van der Waals surface area contributed by atoms with E-state index in [0.29, 0.717) is 0 Å². The first-order valence-electron chi connectivity index (χ1n) is 41.9. The molecule has 0 saturated heterocycles. The summed E-state index contributed by atoms with van der Waals surface area (Å²) in [6.07, 6.45) is 10.00. The zero-order chi connectivity index (χ0) is 78.2. The molecule has 0 amide bonds. The van der Waals surface area contributed by atoms with Gasteiger partial charge in [0, 0.05) is 105 Å². The predicted octanol–water partition coefficient (Wildman–Crippen LogP) is 21.1. The molecule has 0 spiro atoms. The minimum atomic E-state index is -1.49. The fraction of sp³-hybridized carbons (Fsp3) is 0.280. The highest BCUT2D eigenvalue weighted by molar-refractivity contribution is 7.01. The first-order chi connectivity index (χ1) is 54.0. The van der Waals surface area contributed by atoms with Crippen LogP contribution in [0.3, 0.4) is 0 Å². The molecule has 8 heterocycles. The van der Waals surface area contributed by atoms with E-state index in [2.05, 4.69) is 378 Å². The van der Waals surface area contributed by atoms with E-state index in [-0.39, 0.29) is 35.3 Å². The molecule has 6 aliphatic heterocycles. The Bertz CT molecular complexity index is 6170. The highest BCUT2D eigenvalue weighted by atomic mass is 35.5. The highest BCUT2D eigenvalue weighted by Gasteiger charge is 2.63. The van der Waals surface area contributed by atoms with Gasteiger partial charge in [-0.3, -0.25) is 0 Å². The first-order valence-corrected chi connectivity index (χ1v) is 56.3. The fourth-order valence-corrected chi connectivity index (χ4v) is 27.3. The Morgan fingerprint density at radius 3 is 1.10 bits per heavy atom. The summed E-state index contributed by atoms with van der Waals surface area (Å²) < 4.78 is 5.13. The number of rotatable bonds is 9. The normalized spacial score (nSPS) is 20.4. The van der Waals surface area contributed by atoms with Gasteiger partial charge in [-0.2, -0.15) is 0 Å². The molecule has 6 nitrogen and oxygen atoms in total. The molecule has 12 aromatic carbocycles. The molecule has 2 aliphatic carbocycles. The molecule has 4 unspecified atom stereocenters. The number of benzene rings is 12. The van der Waals surface area contributed by atoms with Crippen LogP contribution in [0.5, 0.6) is 0 Å². The summed E-state index contributed by atoms with van der Waals surface area (Å²) in [6.45, 7) is 39.6. The monoisotopic (exact) mass is 1560 g/mol. The second-order valence-corrected chi connectivity index (χ2v) is 60.1. The summed E-state index contributed by atoms with van der Waals surface area (Å²) in [5.74, 6) is 0. The molecular formula is C100H105B2ClN6Si4. The van der Waals surface area contributed by atoms with E-state index in [0.717, 1.165) is 16.4 Å². The van der Waals surface area contributed by atoms with Gasteiger partial charge in [-0.25, -0.2) is 0 Å². The van der Waals surface area contributed by atoms with E-state index in [1.807, 2.05) is 0 Å². The third-order valence-corrected chi connectivity index (χ3v) is 37.3. The van der Waals surface area contributed by atoms with Crippen LogP contribution in [-0.2, 0) is 10.8 Å². The van der Waals surface area contributed by atoms with E-state index in [1.165, 1.54) is 205 Å². The van der Waals surface area contributed by atoms with Crippen molar-refractivity contribution in [3.8, 4) is 11.4 Å². The van der Waals surface area contributed by atoms with Gasteiger partial charge in [0.2, 0.25) is 0 Å². The van der Waals surface area contributed by atoms with Crippen molar-refractivity contribution in [1.82, 2.24) is 9.13 Å². The summed E-state index contributed by atoms with van der Waals surface area (Å²) in [5, 5.41) is 15.6. The van der Waals surface area contributed by atoms with Gasteiger partial charge in [0.05, 0.1) is 60.1 Å². The van der Waals surface area contributed by atoms with Gasteiger partial charge in [0.15, 0.2) is 0 Å². The molecule has 14 aromatic rings. The van der Waals surface area contributed by atoms with Gasteiger partial charge >= 0.3 is 0 Å². The van der Waals surface area contributed by atoms with Crippen LogP contribution in [-0.4, -0.2) is 65.9 Å². The van der Waals surface area contributed by atoms with Crippen LogP contribution in [0.1, 0.15) is 90.2 Å². The molecule has 4 atom stereocenters. The van der Waals surface area contributed by atoms with Crippen LogP contribution >= 0.6 is 11.6 Å². The lowest BCUT2D eigenvalue weighted by atomic mass is 9.33. The second kappa shape index (κ2) is 25.4. The van der Waals surface area contributed by atoms with E-state index >= 15 is 0 Å². The Balaban J connectivity index is 0.000000124. The highest BCUT2D eigenvalue weighted by Crippen LogP contribution is 2.64. The number of nitrogens with one attached hydrogen (secondary N) is 1. The van der Waals surface area contributed by atoms with E-state index in [4.69, 9.17) is 11.6 Å². The van der Waals surface area contributed by atoms with E-state index in [9.17, 15) is 0 Å². The predicted molar refractivity (Wildman–Crippen MR) is 504 cm³/mol. The average Bonchev–Trinajstić information content (AvgIpc) is 1.52. The van der Waals surface area contributed by atoms with Crippen molar-refractivity contribution >= 4 is 206 Å². The largest absolute Gasteiger partial charge is 0.356 e. The number of aromatic nitrogens is 2. The van der Waals surface area contributed by atoms with Gasteiger partial charge in [0.25, 0.3) is 13.4 Å². The third-order valence-electron chi connectivity index (χ3n) is 28.8. The molecular weight excluding hydrogens is 1450 g/mol. The minimum absolute atomic E-state index is 0.0328. The number of hydrogen-bond donors (Lipinski definition) is 1. The maximum Gasteiger partial charge on any atom is 0.252 e. The maximum atomic E-state index is 6.99. The minimum Gasteiger partial charge on any atom is -0.356 e. The molecule has 1 N–H and O–H groups in total. The van der Waals surface area contributed by atoms with Crippen LogP contribution in [0.15, 0.2) is 243 Å². The fourth-order valence-electron chi connectivity index (χ4n) is 22.4. The van der Waals surface area contributed by atoms with Gasteiger partial charge in [0.1, 0.15) is 0 Å². The van der Waals surface area contributed by atoms with E-state index in [1.54, 1.807) is 5.56 Å². The molecule has 2 aromatic heterocycles. The lowest BCUT2D eigenvalue weighted by molar-refractivity contribution is 0.195. The van der Waals surface area contributed by atoms with Crippen molar-refractivity contribution in [3.63, 3.8) is 0 Å². The van der Waals surface area contributed by atoms with Gasteiger partial charge in [-0.05, 0) is 168 Å². The Labute approximate surface area is 679 Å². The Hall–Kier alpha value is -9.27. The van der Waals surface area contributed by atoms with Crippen LogP contribution in [0.2, 0.25) is 83.6 Å². The number of anilines is 9. The Morgan fingerprint density at radius 2 is 0.681 bits per heavy atom. The number of hydrogen-bond acceptors (Lipinski definition) is 4. The van der Waals surface area contributed by atoms with Crippen molar-refractivity contribution in [2.24, 2.45) is 0 Å². The number of fused-ring (bicyclic) bond motifs is 20. The zero-order valence-corrected chi connectivity index (χ0v) is 73.8.